The summed E-state index contributed by atoms with van der Waals surface area (Å²) in [6, 6.07) is 17.2. The number of allylic oxidation sites excluding steroid dienone is 1. The van der Waals surface area contributed by atoms with Gasteiger partial charge in [0.2, 0.25) is 0 Å². The van der Waals surface area contributed by atoms with E-state index in [2.05, 4.69) is 27.3 Å². The number of methoxy groups -OCH3 is 1. The van der Waals surface area contributed by atoms with Crippen molar-refractivity contribution in [1.82, 2.24) is 20.2 Å². The van der Waals surface area contributed by atoms with Gasteiger partial charge >= 0.3 is 0 Å². The highest BCUT2D eigenvalue weighted by Crippen LogP contribution is 2.23. The Labute approximate surface area is 173 Å². The number of thioether (sulfide) groups is 1. The topological polar surface area (TPSA) is 81.4 Å². The molecule has 148 valence electrons. The predicted octanol–water partition coefficient (Wildman–Crippen LogP) is 3.38. The van der Waals surface area contributed by atoms with Crippen LogP contribution in [0.1, 0.15) is 5.56 Å². The highest BCUT2D eigenvalue weighted by atomic mass is 32.2. The molecule has 0 aliphatic rings. The molecule has 0 atom stereocenters. The summed E-state index contributed by atoms with van der Waals surface area (Å²) in [6.45, 7) is 4.35. The monoisotopic (exact) mass is 407 g/mol. The van der Waals surface area contributed by atoms with Crippen LogP contribution in [0.4, 0.5) is 0 Å². The number of carbonyl (C=O) groups is 1. The number of nitrogens with one attached hydrogen (secondary N) is 1. The zero-order valence-electron chi connectivity index (χ0n) is 16.0. The summed E-state index contributed by atoms with van der Waals surface area (Å²) in [4.78, 5) is 12.1. The Hall–Kier alpha value is -3.39. The summed E-state index contributed by atoms with van der Waals surface area (Å²) in [6.07, 6.45) is 3.34. The van der Waals surface area contributed by atoms with E-state index in [4.69, 9.17) is 4.74 Å². The quantitative estimate of drug-likeness (QED) is 0.255. The van der Waals surface area contributed by atoms with E-state index >= 15 is 0 Å². The van der Waals surface area contributed by atoms with Crippen LogP contribution in [0.3, 0.4) is 0 Å². The Balaban J connectivity index is 1.60. The van der Waals surface area contributed by atoms with Gasteiger partial charge in [-0.3, -0.25) is 9.36 Å². The zero-order chi connectivity index (χ0) is 20.5. The standard InChI is InChI=1S/C21H21N5O2S/c1-3-12-26-20(17-9-5-4-6-10-17)24-25-21(26)29-15-19(27)23-22-14-16-8-7-11-18(13-16)28-2/h3-11,13-14H,1,12,15H2,2H3,(H,23,27). The van der Waals surface area contributed by atoms with Crippen LogP contribution in [-0.2, 0) is 11.3 Å². The van der Waals surface area contributed by atoms with Crippen molar-refractivity contribution in [2.45, 2.75) is 11.7 Å². The number of benzene rings is 2. The van der Waals surface area contributed by atoms with Gasteiger partial charge in [0.15, 0.2) is 11.0 Å². The number of amides is 1. The van der Waals surface area contributed by atoms with Crippen LogP contribution < -0.4 is 10.2 Å². The largest absolute Gasteiger partial charge is 0.497 e. The summed E-state index contributed by atoms with van der Waals surface area (Å²) in [5, 5.41) is 13.1. The summed E-state index contributed by atoms with van der Waals surface area (Å²) in [7, 11) is 1.60. The third kappa shape index (κ3) is 5.55. The van der Waals surface area contributed by atoms with Gasteiger partial charge in [-0.15, -0.1) is 16.8 Å². The molecule has 0 saturated carbocycles. The lowest BCUT2D eigenvalue weighted by molar-refractivity contribution is -0.118. The third-order valence-electron chi connectivity index (χ3n) is 3.89. The normalized spacial score (nSPS) is 10.8. The Morgan fingerprint density at radius 1 is 1.24 bits per heavy atom. The molecule has 1 aromatic heterocycles. The van der Waals surface area contributed by atoms with Crippen LogP contribution in [0.2, 0.25) is 0 Å². The first-order chi connectivity index (χ1) is 14.2. The molecule has 0 saturated heterocycles. The first-order valence-electron chi connectivity index (χ1n) is 8.89. The van der Waals surface area contributed by atoms with Gasteiger partial charge in [0, 0.05) is 12.1 Å². The van der Waals surface area contributed by atoms with Gasteiger partial charge in [0.05, 0.1) is 19.1 Å². The molecule has 0 aliphatic carbocycles. The van der Waals surface area contributed by atoms with Crippen molar-refractivity contribution in [1.29, 1.82) is 0 Å². The molecular formula is C21H21N5O2S. The highest BCUT2D eigenvalue weighted by Gasteiger charge is 2.14. The summed E-state index contributed by atoms with van der Waals surface area (Å²) in [5.41, 5.74) is 4.31. The van der Waals surface area contributed by atoms with Crippen molar-refractivity contribution in [3.05, 3.63) is 72.8 Å². The summed E-state index contributed by atoms with van der Waals surface area (Å²) in [5.74, 6) is 1.40. The van der Waals surface area contributed by atoms with Crippen molar-refractivity contribution in [3.63, 3.8) is 0 Å². The van der Waals surface area contributed by atoms with Crippen molar-refractivity contribution >= 4 is 23.9 Å². The van der Waals surface area contributed by atoms with E-state index in [0.29, 0.717) is 11.7 Å². The minimum absolute atomic E-state index is 0.166. The average molecular weight is 407 g/mol. The van der Waals surface area contributed by atoms with Gasteiger partial charge in [-0.05, 0) is 17.7 Å². The Bertz CT molecular complexity index is 1000. The van der Waals surface area contributed by atoms with E-state index in [1.54, 1.807) is 19.4 Å². The predicted molar refractivity (Wildman–Crippen MR) is 115 cm³/mol. The first-order valence-corrected chi connectivity index (χ1v) is 9.88. The molecule has 0 aliphatic heterocycles. The van der Waals surface area contributed by atoms with Crippen LogP contribution >= 0.6 is 11.8 Å². The van der Waals surface area contributed by atoms with E-state index in [1.807, 2.05) is 59.2 Å². The smallest absolute Gasteiger partial charge is 0.250 e. The van der Waals surface area contributed by atoms with Gasteiger partial charge in [-0.25, -0.2) is 5.43 Å². The molecule has 0 unspecified atom stereocenters. The number of aromatic nitrogens is 3. The molecule has 2 aromatic carbocycles. The second-order valence-electron chi connectivity index (χ2n) is 5.93. The molecule has 0 bridgehead atoms. The van der Waals surface area contributed by atoms with Gasteiger partial charge in [-0.1, -0.05) is 60.3 Å². The van der Waals surface area contributed by atoms with Crippen molar-refractivity contribution in [3.8, 4) is 17.1 Å². The lowest BCUT2D eigenvalue weighted by Crippen LogP contribution is -2.20. The third-order valence-corrected chi connectivity index (χ3v) is 4.86. The fourth-order valence-corrected chi connectivity index (χ4v) is 3.29. The van der Waals surface area contributed by atoms with E-state index in [0.717, 1.165) is 22.7 Å². The molecule has 1 heterocycles. The maximum atomic E-state index is 12.1. The number of rotatable bonds is 9. The molecule has 29 heavy (non-hydrogen) atoms. The summed E-state index contributed by atoms with van der Waals surface area (Å²) < 4.78 is 7.09. The SMILES string of the molecule is C=CCn1c(SCC(=O)NN=Cc2cccc(OC)c2)nnc1-c1ccccc1. The molecule has 1 amide bonds. The highest BCUT2D eigenvalue weighted by molar-refractivity contribution is 7.99. The fourth-order valence-electron chi connectivity index (χ4n) is 2.55. The zero-order valence-corrected chi connectivity index (χ0v) is 16.8. The van der Waals surface area contributed by atoms with E-state index in [1.165, 1.54) is 11.8 Å². The number of nitrogens with zero attached hydrogens (tertiary/aromatic N) is 4. The minimum Gasteiger partial charge on any atom is -0.497 e. The molecular weight excluding hydrogens is 386 g/mol. The van der Waals surface area contributed by atoms with Crippen LogP contribution in [0.5, 0.6) is 5.75 Å². The molecule has 0 spiro atoms. The van der Waals surface area contributed by atoms with E-state index in [9.17, 15) is 4.79 Å². The van der Waals surface area contributed by atoms with Crippen LogP contribution in [0.15, 0.2) is 77.5 Å². The molecule has 1 N–H and O–H groups in total. The molecule has 7 nitrogen and oxygen atoms in total. The molecule has 3 rings (SSSR count). The second kappa shape index (κ2) is 10.2. The average Bonchev–Trinajstić information content (AvgIpc) is 3.16. The van der Waals surface area contributed by atoms with Gasteiger partial charge in [0.1, 0.15) is 5.75 Å². The van der Waals surface area contributed by atoms with Gasteiger partial charge in [0.25, 0.3) is 5.91 Å². The molecule has 8 heteroatoms. The van der Waals surface area contributed by atoms with Crippen molar-refractivity contribution in [2.24, 2.45) is 5.10 Å². The van der Waals surface area contributed by atoms with Gasteiger partial charge in [-0.2, -0.15) is 5.10 Å². The lowest BCUT2D eigenvalue weighted by Gasteiger charge is -2.07. The Morgan fingerprint density at radius 3 is 2.83 bits per heavy atom. The van der Waals surface area contributed by atoms with Crippen LogP contribution in [-0.4, -0.2) is 39.7 Å². The minimum atomic E-state index is -0.233. The van der Waals surface area contributed by atoms with Crippen molar-refractivity contribution in [2.75, 3.05) is 12.9 Å². The molecule has 3 aromatic rings. The van der Waals surface area contributed by atoms with Crippen molar-refractivity contribution < 1.29 is 9.53 Å². The number of carbonyl (C=O) groups excluding carboxylic acids is 1. The maximum Gasteiger partial charge on any atom is 0.250 e. The Kier molecular flexibility index (Phi) is 7.18. The van der Waals surface area contributed by atoms with E-state index in [-0.39, 0.29) is 11.7 Å². The number of hydrazone groups is 1. The van der Waals surface area contributed by atoms with E-state index < -0.39 is 0 Å². The first kappa shape index (κ1) is 20.3. The number of hydrogen-bond acceptors (Lipinski definition) is 6. The van der Waals surface area contributed by atoms with Gasteiger partial charge < -0.3 is 4.74 Å². The number of ether oxygens (including phenoxy) is 1. The van der Waals surface area contributed by atoms with Crippen LogP contribution in [0, 0.1) is 0 Å². The molecule has 0 radical (unpaired) electrons. The lowest BCUT2D eigenvalue weighted by atomic mass is 10.2. The Morgan fingerprint density at radius 2 is 2.07 bits per heavy atom. The summed E-state index contributed by atoms with van der Waals surface area (Å²) >= 11 is 1.30. The van der Waals surface area contributed by atoms with Crippen LogP contribution in [0.25, 0.3) is 11.4 Å². The maximum absolute atomic E-state index is 12.1. The second-order valence-corrected chi connectivity index (χ2v) is 6.87. The molecule has 0 fully saturated rings. The fraction of sp³-hybridized carbons (Fsp3) is 0.143. The number of hydrogen-bond donors (Lipinski definition) is 1.